The monoisotopic (exact) mass is 282 g/mol. The Hall–Kier alpha value is -1.10. The van der Waals surface area contributed by atoms with Crippen molar-refractivity contribution in [3.63, 3.8) is 0 Å². The molecule has 0 spiro atoms. The first kappa shape index (κ1) is 12.9. The van der Waals surface area contributed by atoms with Crippen molar-refractivity contribution >= 4 is 22.6 Å². The predicted molar refractivity (Wildman–Crippen MR) is 75.6 cm³/mol. The highest BCUT2D eigenvalue weighted by Gasteiger charge is 2.29. The van der Waals surface area contributed by atoms with Crippen LogP contribution in [-0.2, 0) is 0 Å². The van der Waals surface area contributed by atoms with Gasteiger partial charge in [0.15, 0.2) is 5.17 Å². The van der Waals surface area contributed by atoms with E-state index in [-0.39, 0.29) is 0 Å². The summed E-state index contributed by atoms with van der Waals surface area (Å²) in [5.74, 6) is 0.585. The molecule has 102 valence electrons. The van der Waals surface area contributed by atoms with Crippen molar-refractivity contribution in [1.82, 2.24) is 0 Å². The molecule has 1 aliphatic carbocycles. The molecule has 3 rings (SSSR count). The highest BCUT2D eigenvalue weighted by molar-refractivity contribution is 8.14. The number of hydrogen-bond donors (Lipinski definition) is 1. The first-order valence-electron chi connectivity index (χ1n) is 6.64. The first-order chi connectivity index (χ1) is 9.20. The number of anilines is 1. The molecule has 1 saturated carbocycles. The zero-order valence-electron chi connectivity index (χ0n) is 10.5. The van der Waals surface area contributed by atoms with Gasteiger partial charge in [-0.15, -0.1) is 0 Å². The van der Waals surface area contributed by atoms with E-state index < -0.39 is 11.6 Å². The molecule has 1 N–H and O–H groups in total. The van der Waals surface area contributed by atoms with Gasteiger partial charge in [-0.25, -0.2) is 8.78 Å². The lowest BCUT2D eigenvalue weighted by molar-refractivity contribution is 0.336. The van der Waals surface area contributed by atoms with E-state index in [1.54, 1.807) is 11.8 Å². The number of aliphatic imine (C=N–C) groups is 1. The number of benzene rings is 1. The lowest BCUT2D eigenvalue weighted by atomic mass is 9.86. The molecule has 2 atom stereocenters. The van der Waals surface area contributed by atoms with E-state index >= 15 is 0 Å². The SMILES string of the molecule is Fc1cc(F)cc(NC2=NC3CCCCC3CS2)c1. The van der Waals surface area contributed by atoms with Crippen LogP contribution >= 0.6 is 11.8 Å². The van der Waals surface area contributed by atoms with Gasteiger partial charge in [0.25, 0.3) is 0 Å². The molecule has 1 aromatic carbocycles. The summed E-state index contributed by atoms with van der Waals surface area (Å²) in [5, 5.41) is 3.81. The Morgan fingerprint density at radius 1 is 1.11 bits per heavy atom. The van der Waals surface area contributed by atoms with Crippen LogP contribution in [0.4, 0.5) is 14.5 Å². The molecule has 2 nitrogen and oxygen atoms in total. The Morgan fingerprint density at radius 2 is 1.84 bits per heavy atom. The molecule has 1 heterocycles. The Labute approximate surface area is 115 Å². The van der Waals surface area contributed by atoms with E-state index in [0.29, 0.717) is 17.6 Å². The van der Waals surface area contributed by atoms with Gasteiger partial charge in [0.1, 0.15) is 11.6 Å². The van der Waals surface area contributed by atoms with Gasteiger partial charge < -0.3 is 5.32 Å². The third-order valence-corrected chi connectivity index (χ3v) is 4.78. The van der Waals surface area contributed by atoms with E-state index in [0.717, 1.165) is 23.4 Å². The van der Waals surface area contributed by atoms with Crippen molar-refractivity contribution in [3.8, 4) is 0 Å². The predicted octanol–water partition coefficient (Wildman–Crippen LogP) is 4.04. The van der Waals surface area contributed by atoms with E-state index in [4.69, 9.17) is 0 Å². The summed E-state index contributed by atoms with van der Waals surface area (Å²) in [4.78, 5) is 4.68. The molecule has 1 aromatic rings. The average Bonchev–Trinajstić information content (AvgIpc) is 2.37. The maximum atomic E-state index is 13.1. The zero-order valence-corrected chi connectivity index (χ0v) is 11.4. The van der Waals surface area contributed by atoms with Crippen LogP contribution in [-0.4, -0.2) is 17.0 Å². The van der Waals surface area contributed by atoms with Gasteiger partial charge in [0.2, 0.25) is 0 Å². The van der Waals surface area contributed by atoms with E-state index in [2.05, 4.69) is 10.3 Å². The fraction of sp³-hybridized carbons (Fsp3) is 0.500. The summed E-state index contributed by atoms with van der Waals surface area (Å²) in [6, 6.07) is 3.84. The minimum Gasteiger partial charge on any atom is -0.335 e. The zero-order chi connectivity index (χ0) is 13.2. The standard InChI is InChI=1S/C14H16F2N2S/c15-10-5-11(16)7-12(6-10)17-14-18-13-4-2-1-3-9(13)8-19-14/h5-7,9,13H,1-4,8H2,(H,17,18). The molecule has 1 fully saturated rings. The van der Waals surface area contributed by atoms with Crippen LogP contribution in [0.2, 0.25) is 0 Å². The van der Waals surface area contributed by atoms with Gasteiger partial charge in [0.05, 0.1) is 6.04 Å². The van der Waals surface area contributed by atoms with Crippen LogP contribution in [0.5, 0.6) is 0 Å². The van der Waals surface area contributed by atoms with Crippen LogP contribution in [0.3, 0.4) is 0 Å². The minimum absolute atomic E-state index is 0.385. The minimum atomic E-state index is -0.570. The second-order valence-electron chi connectivity index (χ2n) is 5.14. The number of halogens is 2. The van der Waals surface area contributed by atoms with Crippen molar-refractivity contribution in [2.24, 2.45) is 10.9 Å². The first-order valence-corrected chi connectivity index (χ1v) is 7.63. The van der Waals surface area contributed by atoms with Gasteiger partial charge in [-0.3, -0.25) is 4.99 Å². The maximum Gasteiger partial charge on any atom is 0.161 e. The number of thioether (sulfide) groups is 1. The summed E-state index contributed by atoms with van der Waals surface area (Å²) >= 11 is 1.65. The lowest BCUT2D eigenvalue weighted by Crippen LogP contribution is -2.31. The Morgan fingerprint density at radius 3 is 2.63 bits per heavy atom. The van der Waals surface area contributed by atoms with Crippen molar-refractivity contribution in [2.75, 3.05) is 11.1 Å². The van der Waals surface area contributed by atoms with Gasteiger partial charge in [0, 0.05) is 17.5 Å². The molecular weight excluding hydrogens is 266 g/mol. The molecule has 2 aliphatic rings. The van der Waals surface area contributed by atoms with Crippen LogP contribution in [0, 0.1) is 17.6 Å². The highest BCUT2D eigenvalue weighted by Crippen LogP contribution is 2.34. The lowest BCUT2D eigenvalue weighted by Gasteiger charge is -2.32. The summed E-state index contributed by atoms with van der Waals surface area (Å²) in [6.45, 7) is 0. The highest BCUT2D eigenvalue weighted by atomic mass is 32.2. The molecule has 2 unspecified atom stereocenters. The number of nitrogens with zero attached hydrogens (tertiary/aromatic N) is 1. The van der Waals surface area contributed by atoms with Crippen LogP contribution in [0.15, 0.2) is 23.2 Å². The summed E-state index contributed by atoms with van der Waals surface area (Å²) < 4.78 is 26.2. The van der Waals surface area contributed by atoms with Gasteiger partial charge in [-0.1, -0.05) is 24.6 Å². The van der Waals surface area contributed by atoms with Crippen molar-refractivity contribution in [1.29, 1.82) is 0 Å². The molecule has 0 bridgehead atoms. The van der Waals surface area contributed by atoms with Gasteiger partial charge >= 0.3 is 0 Å². The van der Waals surface area contributed by atoms with E-state index in [1.807, 2.05) is 0 Å². The molecule has 5 heteroatoms. The largest absolute Gasteiger partial charge is 0.335 e. The van der Waals surface area contributed by atoms with Crippen LogP contribution in [0.1, 0.15) is 25.7 Å². The fourth-order valence-electron chi connectivity index (χ4n) is 2.74. The Kier molecular flexibility index (Phi) is 3.73. The Balaban J connectivity index is 1.74. The van der Waals surface area contributed by atoms with E-state index in [1.165, 1.54) is 31.4 Å². The normalized spacial score (nSPS) is 26.5. The molecule has 0 saturated heterocycles. The van der Waals surface area contributed by atoms with Gasteiger partial charge in [-0.2, -0.15) is 0 Å². The second-order valence-corrected chi connectivity index (χ2v) is 6.15. The Bertz CT molecular complexity index is 484. The number of nitrogens with one attached hydrogen (secondary N) is 1. The number of rotatable bonds is 1. The quantitative estimate of drug-likeness (QED) is 0.840. The molecule has 0 radical (unpaired) electrons. The topological polar surface area (TPSA) is 24.4 Å². The fourth-order valence-corrected chi connectivity index (χ4v) is 3.90. The summed E-state index contributed by atoms with van der Waals surface area (Å²) in [6.07, 6.45) is 4.92. The van der Waals surface area contributed by atoms with Crippen LogP contribution in [0.25, 0.3) is 0 Å². The van der Waals surface area contributed by atoms with Crippen LogP contribution < -0.4 is 5.32 Å². The molecule has 0 aromatic heterocycles. The van der Waals surface area contributed by atoms with Crippen molar-refractivity contribution in [2.45, 2.75) is 31.7 Å². The van der Waals surface area contributed by atoms with Crippen molar-refractivity contribution < 1.29 is 8.78 Å². The molecule has 0 amide bonds. The number of hydrogen-bond acceptors (Lipinski definition) is 3. The van der Waals surface area contributed by atoms with E-state index in [9.17, 15) is 8.78 Å². The number of fused-ring (bicyclic) bond motifs is 1. The van der Waals surface area contributed by atoms with Gasteiger partial charge in [-0.05, 0) is 30.9 Å². The molecular formula is C14H16F2N2S. The summed E-state index contributed by atoms with van der Waals surface area (Å²) in [5.41, 5.74) is 0.429. The molecule has 19 heavy (non-hydrogen) atoms. The summed E-state index contributed by atoms with van der Waals surface area (Å²) in [7, 11) is 0. The smallest absolute Gasteiger partial charge is 0.161 e. The molecule has 1 aliphatic heterocycles. The second kappa shape index (κ2) is 5.49. The van der Waals surface area contributed by atoms with Crippen molar-refractivity contribution in [3.05, 3.63) is 29.8 Å². The average molecular weight is 282 g/mol. The number of amidine groups is 1. The third-order valence-electron chi connectivity index (χ3n) is 3.70. The maximum absolute atomic E-state index is 13.1. The third kappa shape index (κ3) is 3.08.